The fraction of sp³-hybridized carbons (Fsp3) is 0.211. The molecule has 2 aromatic heterocycles. The standard InChI is InChI=1S/C19H16N4O/c1-23-15(14-5-3-2-4-12(14)10-20)8-13-9-17(22-11-16(13)23)19(6-7-19)18(21)24/h2-5,8-9,11H,6-7H2,1H3,(H2,21,24). The topological polar surface area (TPSA) is 84.7 Å². The van der Waals surface area contributed by atoms with Crippen LogP contribution in [0.25, 0.3) is 22.2 Å². The number of rotatable bonds is 3. The molecule has 5 nitrogen and oxygen atoms in total. The second kappa shape index (κ2) is 4.93. The first-order valence-corrected chi connectivity index (χ1v) is 7.82. The number of carbonyl (C=O) groups excluding carboxylic acids is 1. The molecule has 1 amide bonds. The van der Waals surface area contributed by atoms with Crippen LogP contribution in [0.2, 0.25) is 0 Å². The lowest BCUT2D eigenvalue weighted by Crippen LogP contribution is -2.29. The molecule has 0 unspecified atom stereocenters. The summed E-state index contributed by atoms with van der Waals surface area (Å²) in [6, 6.07) is 13.7. The molecular formula is C19H16N4O. The smallest absolute Gasteiger partial charge is 0.229 e. The molecule has 0 saturated heterocycles. The van der Waals surface area contributed by atoms with Crippen molar-refractivity contribution in [2.75, 3.05) is 0 Å². The molecule has 118 valence electrons. The average Bonchev–Trinajstić information content (AvgIpc) is 3.35. The molecule has 24 heavy (non-hydrogen) atoms. The molecule has 1 fully saturated rings. The van der Waals surface area contributed by atoms with E-state index in [4.69, 9.17) is 5.73 Å². The third kappa shape index (κ3) is 1.93. The van der Waals surface area contributed by atoms with Gasteiger partial charge in [0.25, 0.3) is 0 Å². The molecule has 3 aromatic rings. The summed E-state index contributed by atoms with van der Waals surface area (Å²) in [5.74, 6) is -0.305. The molecule has 1 aliphatic carbocycles. The molecule has 1 aliphatic rings. The summed E-state index contributed by atoms with van der Waals surface area (Å²) in [6.07, 6.45) is 3.31. The molecule has 4 rings (SSSR count). The predicted octanol–water partition coefficient (Wildman–Crippen LogP) is 2.63. The minimum Gasteiger partial charge on any atom is -0.369 e. The second-order valence-corrected chi connectivity index (χ2v) is 6.32. The number of nitrogens with zero attached hydrogens (tertiary/aromatic N) is 3. The van der Waals surface area contributed by atoms with E-state index < -0.39 is 5.41 Å². The minimum atomic E-state index is -0.589. The maximum absolute atomic E-state index is 11.7. The van der Waals surface area contributed by atoms with Crippen LogP contribution in [0.4, 0.5) is 0 Å². The lowest BCUT2D eigenvalue weighted by Gasteiger charge is -2.10. The number of primary amides is 1. The number of aryl methyl sites for hydroxylation is 1. The van der Waals surface area contributed by atoms with Gasteiger partial charge < -0.3 is 10.3 Å². The van der Waals surface area contributed by atoms with Crippen LogP contribution in [0.1, 0.15) is 24.1 Å². The molecule has 0 bridgehead atoms. The van der Waals surface area contributed by atoms with Gasteiger partial charge in [-0.25, -0.2) is 0 Å². The molecular weight excluding hydrogens is 300 g/mol. The van der Waals surface area contributed by atoms with E-state index in [0.29, 0.717) is 5.56 Å². The van der Waals surface area contributed by atoms with Gasteiger partial charge in [0.15, 0.2) is 0 Å². The molecule has 2 heterocycles. The van der Waals surface area contributed by atoms with Crippen LogP contribution in [0.5, 0.6) is 0 Å². The zero-order valence-corrected chi connectivity index (χ0v) is 13.3. The summed E-state index contributed by atoms with van der Waals surface area (Å²) in [4.78, 5) is 16.2. The maximum Gasteiger partial charge on any atom is 0.229 e. The summed E-state index contributed by atoms with van der Waals surface area (Å²) in [5, 5.41) is 10.3. The van der Waals surface area contributed by atoms with Crippen LogP contribution in [0, 0.1) is 11.3 Å². The Kier molecular flexibility index (Phi) is 2.97. The molecule has 0 radical (unpaired) electrons. The highest BCUT2D eigenvalue weighted by molar-refractivity contribution is 5.92. The van der Waals surface area contributed by atoms with E-state index in [-0.39, 0.29) is 5.91 Å². The third-order valence-corrected chi connectivity index (χ3v) is 4.96. The molecule has 5 heteroatoms. The number of aromatic nitrogens is 2. The first-order chi connectivity index (χ1) is 11.6. The lowest BCUT2D eigenvalue weighted by molar-refractivity contribution is -0.120. The Labute approximate surface area is 139 Å². The van der Waals surface area contributed by atoms with Crippen molar-refractivity contribution in [3.8, 4) is 17.3 Å². The number of amides is 1. The van der Waals surface area contributed by atoms with Gasteiger partial charge in [0.05, 0.1) is 40.1 Å². The fourth-order valence-electron chi connectivity index (χ4n) is 3.31. The quantitative estimate of drug-likeness (QED) is 0.806. The Morgan fingerprint density at radius 3 is 2.75 bits per heavy atom. The Bertz CT molecular complexity index is 1020. The second-order valence-electron chi connectivity index (χ2n) is 6.32. The van der Waals surface area contributed by atoms with Crippen molar-refractivity contribution in [1.82, 2.24) is 9.55 Å². The van der Waals surface area contributed by atoms with E-state index in [0.717, 1.165) is 40.7 Å². The third-order valence-electron chi connectivity index (χ3n) is 4.96. The minimum absolute atomic E-state index is 0.305. The van der Waals surface area contributed by atoms with Crippen molar-refractivity contribution in [1.29, 1.82) is 5.26 Å². The average molecular weight is 316 g/mol. The molecule has 1 saturated carbocycles. The fourth-order valence-corrected chi connectivity index (χ4v) is 3.31. The summed E-state index contributed by atoms with van der Waals surface area (Å²) in [6.45, 7) is 0. The van der Waals surface area contributed by atoms with Gasteiger partial charge in [-0.2, -0.15) is 5.26 Å². The van der Waals surface area contributed by atoms with Crippen LogP contribution >= 0.6 is 0 Å². The Morgan fingerprint density at radius 1 is 1.33 bits per heavy atom. The van der Waals surface area contributed by atoms with Crippen LogP contribution < -0.4 is 5.73 Å². The van der Waals surface area contributed by atoms with Crippen LogP contribution in [-0.2, 0) is 17.3 Å². The summed E-state index contributed by atoms with van der Waals surface area (Å²) in [7, 11) is 1.95. The molecule has 2 N–H and O–H groups in total. The van der Waals surface area contributed by atoms with Crippen molar-refractivity contribution >= 4 is 16.8 Å². The van der Waals surface area contributed by atoms with Crippen molar-refractivity contribution in [3.63, 3.8) is 0 Å². The van der Waals surface area contributed by atoms with Crippen LogP contribution in [0.3, 0.4) is 0 Å². The number of nitriles is 1. The van der Waals surface area contributed by atoms with Gasteiger partial charge >= 0.3 is 0 Å². The number of pyridine rings is 1. The lowest BCUT2D eigenvalue weighted by atomic mass is 10.00. The maximum atomic E-state index is 11.7. The van der Waals surface area contributed by atoms with Crippen molar-refractivity contribution in [2.45, 2.75) is 18.3 Å². The molecule has 0 atom stereocenters. The van der Waals surface area contributed by atoms with E-state index >= 15 is 0 Å². The Morgan fingerprint density at radius 2 is 2.08 bits per heavy atom. The number of hydrogen-bond acceptors (Lipinski definition) is 3. The van der Waals surface area contributed by atoms with Gasteiger partial charge in [-0.05, 0) is 31.0 Å². The van der Waals surface area contributed by atoms with Crippen molar-refractivity contribution in [3.05, 3.63) is 53.9 Å². The highest BCUT2D eigenvalue weighted by Gasteiger charge is 2.51. The summed E-state index contributed by atoms with van der Waals surface area (Å²) >= 11 is 0. The van der Waals surface area contributed by atoms with Gasteiger partial charge in [-0.15, -0.1) is 0 Å². The van der Waals surface area contributed by atoms with Gasteiger partial charge in [-0.1, -0.05) is 18.2 Å². The van der Waals surface area contributed by atoms with Crippen LogP contribution in [0.15, 0.2) is 42.6 Å². The monoisotopic (exact) mass is 316 g/mol. The molecule has 0 spiro atoms. The largest absolute Gasteiger partial charge is 0.369 e. The first-order valence-electron chi connectivity index (χ1n) is 7.82. The van der Waals surface area contributed by atoms with E-state index in [1.54, 1.807) is 6.20 Å². The van der Waals surface area contributed by atoms with Crippen molar-refractivity contribution < 1.29 is 4.79 Å². The SMILES string of the molecule is Cn1c(-c2ccccc2C#N)cc2cc(C3(C(N)=O)CC3)ncc21. The van der Waals surface area contributed by atoms with Crippen LogP contribution in [-0.4, -0.2) is 15.5 Å². The number of fused-ring (bicyclic) bond motifs is 1. The number of carbonyl (C=O) groups is 1. The van der Waals surface area contributed by atoms with Crippen molar-refractivity contribution in [2.24, 2.45) is 12.8 Å². The van der Waals surface area contributed by atoms with Gasteiger partial charge in [0.2, 0.25) is 5.91 Å². The van der Waals surface area contributed by atoms with Gasteiger partial charge in [0, 0.05) is 18.0 Å². The number of hydrogen-bond donors (Lipinski definition) is 1. The van der Waals surface area contributed by atoms with Gasteiger partial charge in [-0.3, -0.25) is 9.78 Å². The molecule has 1 aromatic carbocycles. The zero-order valence-electron chi connectivity index (χ0n) is 13.3. The first kappa shape index (κ1) is 14.5. The number of benzene rings is 1. The Balaban J connectivity index is 1.90. The predicted molar refractivity (Wildman–Crippen MR) is 91.0 cm³/mol. The zero-order chi connectivity index (χ0) is 16.9. The van der Waals surface area contributed by atoms with Gasteiger partial charge in [0.1, 0.15) is 0 Å². The Hall–Kier alpha value is -3.13. The van der Waals surface area contributed by atoms with E-state index in [1.807, 2.05) is 48.0 Å². The number of nitrogens with two attached hydrogens (primary N) is 1. The highest BCUT2D eigenvalue weighted by atomic mass is 16.1. The summed E-state index contributed by atoms with van der Waals surface area (Å²) in [5.41, 5.74) is 9.13. The summed E-state index contributed by atoms with van der Waals surface area (Å²) < 4.78 is 2.02. The van der Waals surface area contributed by atoms with E-state index in [1.165, 1.54) is 0 Å². The van der Waals surface area contributed by atoms with E-state index in [9.17, 15) is 10.1 Å². The van der Waals surface area contributed by atoms with E-state index in [2.05, 4.69) is 11.1 Å². The normalized spacial score (nSPS) is 15.2. The molecule has 0 aliphatic heterocycles. The highest BCUT2D eigenvalue weighted by Crippen LogP contribution is 2.47.